The number of aromatic nitrogens is 6. The van der Waals surface area contributed by atoms with Crippen molar-refractivity contribution in [3.63, 3.8) is 0 Å². The van der Waals surface area contributed by atoms with E-state index < -0.39 is 6.29 Å². The van der Waals surface area contributed by atoms with Crippen LogP contribution in [0.3, 0.4) is 0 Å². The lowest BCUT2D eigenvalue weighted by Crippen LogP contribution is -2.32. The molecular formula is C70H44N8. The van der Waals surface area contributed by atoms with Crippen LogP contribution in [0.15, 0.2) is 260 Å². The van der Waals surface area contributed by atoms with Crippen LogP contribution in [0.25, 0.3) is 143 Å². The maximum absolute atomic E-state index is 5.83. The zero-order valence-corrected chi connectivity index (χ0v) is 42.0. The van der Waals surface area contributed by atoms with Crippen molar-refractivity contribution in [2.45, 2.75) is 6.29 Å². The third kappa shape index (κ3) is 6.25. The number of rotatable bonds is 5. The standard InChI is InChI=1S/C70H44N8/c1-3-19-45-39-47(35-33-43(45)17-1)56-41-57(48-36-34-44-18-2-4-20-46(44)40-48)72-69(71-56)78-62-31-15-9-25-53(62)54-37-38-64-67(68(54)78)55-26-10-16-32-63(55)77(64)70-73-65(75-58-27-11-5-21-49(58)50-22-6-12-28-59(50)75)42-66(74-70)76-60-29-13-7-23-51(60)52-24-8-14-30-61(52)76/h1-42,70,73H. The van der Waals surface area contributed by atoms with Crippen molar-refractivity contribution < 1.29 is 0 Å². The Balaban J connectivity index is 0.948. The number of hydrogen-bond donors (Lipinski definition) is 1. The van der Waals surface area contributed by atoms with Crippen LogP contribution in [-0.4, -0.2) is 34.1 Å². The Labute approximate surface area is 446 Å². The minimum Gasteiger partial charge on any atom is -0.332 e. The summed E-state index contributed by atoms with van der Waals surface area (Å²) in [5, 5.41) is 17.9. The molecule has 1 aliphatic rings. The maximum Gasteiger partial charge on any atom is 0.235 e. The van der Waals surface area contributed by atoms with Gasteiger partial charge in [-0.3, -0.25) is 13.7 Å². The second kappa shape index (κ2) is 16.5. The summed E-state index contributed by atoms with van der Waals surface area (Å²) in [7, 11) is 0. The summed E-state index contributed by atoms with van der Waals surface area (Å²) in [6, 6.07) is 89.2. The van der Waals surface area contributed by atoms with Crippen molar-refractivity contribution >= 4 is 120 Å². The van der Waals surface area contributed by atoms with Crippen molar-refractivity contribution in [1.29, 1.82) is 0 Å². The van der Waals surface area contributed by atoms with E-state index in [1.54, 1.807) is 0 Å². The molecule has 11 aromatic carbocycles. The fourth-order valence-corrected chi connectivity index (χ4v) is 12.8. The van der Waals surface area contributed by atoms with Gasteiger partial charge < -0.3 is 9.88 Å². The van der Waals surface area contributed by atoms with E-state index in [9.17, 15) is 0 Å². The van der Waals surface area contributed by atoms with Gasteiger partial charge in [-0.2, -0.15) is 0 Å². The maximum atomic E-state index is 5.83. The molecule has 364 valence electrons. The Morgan fingerprint density at radius 1 is 0.333 bits per heavy atom. The zero-order chi connectivity index (χ0) is 51.0. The second-order valence-corrected chi connectivity index (χ2v) is 20.4. The molecule has 17 rings (SSSR count). The molecule has 0 spiro atoms. The molecule has 0 bridgehead atoms. The van der Waals surface area contributed by atoms with E-state index in [1.165, 1.54) is 32.3 Å². The lowest BCUT2D eigenvalue weighted by atomic mass is 10.0. The van der Waals surface area contributed by atoms with Crippen molar-refractivity contribution in [3.05, 3.63) is 255 Å². The third-order valence-corrected chi connectivity index (χ3v) is 16.2. The Morgan fingerprint density at radius 3 is 1.31 bits per heavy atom. The number of para-hydroxylation sites is 6. The summed E-state index contributed by atoms with van der Waals surface area (Å²) >= 11 is 0. The van der Waals surface area contributed by atoms with E-state index >= 15 is 0 Å². The second-order valence-electron chi connectivity index (χ2n) is 20.4. The van der Waals surface area contributed by atoms with Crippen LogP contribution in [0.4, 0.5) is 0 Å². The smallest absolute Gasteiger partial charge is 0.235 e. The summed E-state index contributed by atoms with van der Waals surface area (Å²) in [4.78, 5) is 17.0. The summed E-state index contributed by atoms with van der Waals surface area (Å²) in [5.41, 5.74) is 12.3. The van der Waals surface area contributed by atoms with Crippen LogP contribution in [0, 0.1) is 0 Å². The van der Waals surface area contributed by atoms with Gasteiger partial charge in [0.05, 0.1) is 55.5 Å². The predicted molar refractivity (Wildman–Crippen MR) is 323 cm³/mol. The third-order valence-electron chi connectivity index (χ3n) is 16.2. The highest BCUT2D eigenvalue weighted by Crippen LogP contribution is 2.44. The molecule has 16 aromatic rings. The lowest BCUT2D eigenvalue weighted by Gasteiger charge is -2.28. The summed E-state index contributed by atoms with van der Waals surface area (Å²) < 4.78 is 9.41. The molecular weight excluding hydrogens is 953 g/mol. The van der Waals surface area contributed by atoms with Gasteiger partial charge in [-0.15, -0.1) is 0 Å². The first-order chi connectivity index (χ1) is 38.7. The largest absolute Gasteiger partial charge is 0.332 e. The van der Waals surface area contributed by atoms with Crippen LogP contribution >= 0.6 is 0 Å². The zero-order valence-electron chi connectivity index (χ0n) is 42.0. The Bertz CT molecular complexity index is 5070. The first-order valence-corrected chi connectivity index (χ1v) is 26.5. The van der Waals surface area contributed by atoms with E-state index in [2.05, 4.69) is 278 Å². The summed E-state index contributed by atoms with van der Waals surface area (Å²) in [6.45, 7) is 0. The number of nitrogens with one attached hydrogen (secondary N) is 1. The van der Waals surface area contributed by atoms with Crippen LogP contribution in [0.2, 0.25) is 0 Å². The highest BCUT2D eigenvalue weighted by molar-refractivity contribution is 6.26. The normalized spacial score (nSPS) is 14.0. The minimum absolute atomic E-state index is 0.593. The molecule has 78 heavy (non-hydrogen) atoms. The Kier molecular flexibility index (Phi) is 9.02. The molecule has 0 fully saturated rings. The van der Waals surface area contributed by atoms with Gasteiger partial charge in [-0.25, -0.2) is 15.0 Å². The van der Waals surface area contributed by atoms with Gasteiger partial charge in [0, 0.05) is 60.3 Å². The van der Waals surface area contributed by atoms with Crippen molar-refractivity contribution in [3.8, 4) is 28.5 Å². The van der Waals surface area contributed by atoms with Crippen LogP contribution in [0.5, 0.6) is 0 Å². The van der Waals surface area contributed by atoms with Gasteiger partial charge >= 0.3 is 0 Å². The number of nitrogens with zero attached hydrogens (tertiary/aromatic N) is 7. The number of fused-ring (bicyclic) bond motifs is 15. The van der Waals surface area contributed by atoms with E-state index in [0.717, 1.165) is 111 Å². The molecule has 0 saturated heterocycles. The van der Waals surface area contributed by atoms with Crippen molar-refractivity contribution in [2.75, 3.05) is 0 Å². The molecule has 8 nitrogen and oxygen atoms in total. The molecule has 1 atom stereocenters. The van der Waals surface area contributed by atoms with Gasteiger partial charge in [-0.1, -0.05) is 188 Å². The topological polar surface area (TPSA) is 69.9 Å². The first-order valence-electron chi connectivity index (χ1n) is 26.5. The van der Waals surface area contributed by atoms with Crippen LogP contribution in [0.1, 0.15) is 6.29 Å². The average Bonchev–Trinajstić information content (AvgIpc) is 4.44. The quantitative estimate of drug-likeness (QED) is 0.187. The van der Waals surface area contributed by atoms with E-state index in [0.29, 0.717) is 5.95 Å². The number of hydrogen-bond acceptors (Lipinski definition) is 4. The predicted octanol–water partition coefficient (Wildman–Crippen LogP) is 17.0. The van der Waals surface area contributed by atoms with E-state index in [4.69, 9.17) is 15.0 Å². The average molecular weight is 997 g/mol. The molecule has 0 saturated carbocycles. The first kappa shape index (κ1) is 42.8. The molecule has 1 N–H and O–H groups in total. The molecule has 8 heteroatoms. The van der Waals surface area contributed by atoms with Crippen molar-refractivity contribution in [1.82, 2.24) is 33.6 Å². The fraction of sp³-hybridized carbons (Fsp3) is 0.0143. The molecule has 5 aromatic heterocycles. The van der Waals surface area contributed by atoms with Gasteiger partial charge in [0.1, 0.15) is 11.7 Å². The molecule has 1 aliphatic heterocycles. The number of benzene rings is 11. The van der Waals surface area contributed by atoms with Gasteiger partial charge in [0.15, 0.2) is 0 Å². The van der Waals surface area contributed by atoms with Crippen LogP contribution in [-0.2, 0) is 0 Å². The van der Waals surface area contributed by atoms with E-state index in [-0.39, 0.29) is 0 Å². The number of aliphatic imine (C=N–C) groups is 1. The molecule has 6 heterocycles. The number of allylic oxidation sites excluding steroid dienone is 1. The highest BCUT2D eigenvalue weighted by Gasteiger charge is 2.29. The SMILES string of the molecule is C1=C(n2c3ccccc3c3ccccc32)NC(n2c3ccccc3c3c4c(ccc32)c2ccccc2n4-c2nc(-c3ccc4ccccc4c3)cc(-c3ccc4ccccc4c3)n2)N=C1n1c2ccccc2c2ccccc21. The van der Waals surface area contributed by atoms with Crippen LogP contribution < -0.4 is 5.32 Å². The Hall–Kier alpha value is -10.6. The fourth-order valence-electron chi connectivity index (χ4n) is 12.8. The molecule has 1 unspecified atom stereocenters. The van der Waals surface area contributed by atoms with Gasteiger partial charge in [0.25, 0.3) is 0 Å². The molecule has 0 radical (unpaired) electrons. The molecule has 0 amide bonds. The Morgan fingerprint density at radius 2 is 0.769 bits per heavy atom. The molecule has 0 aliphatic carbocycles. The van der Waals surface area contributed by atoms with Crippen molar-refractivity contribution in [2.24, 2.45) is 4.99 Å². The minimum atomic E-state index is -0.593. The monoisotopic (exact) mass is 996 g/mol. The van der Waals surface area contributed by atoms with Gasteiger partial charge in [-0.05, 0) is 82.2 Å². The summed E-state index contributed by atoms with van der Waals surface area (Å²) in [5.74, 6) is 2.35. The van der Waals surface area contributed by atoms with E-state index in [1.807, 2.05) is 0 Å². The lowest BCUT2D eigenvalue weighted by molar-refractivity contribution is 0.497. The summed E-state index contributed by atoms with van der Waals surface area (Å²) in [6.07, 6.45) is 1.63. The highest BCUT2D eigenvalue weighted by atomic mass is 15.4. The van der Waals surface area contributed by atoms with Gasteiger partial charge in [0.2, 0.25) is 12.2 Å².